The van der Waals surface area contributed by atoms with Crippen LogP contribution in [0.5, 0.6) is 11.5 Å². The number of benzene rings is 3. The Bertz CT molecular complexity index is 1290. The van der Waals surface area contributed by atoms with Crippen molar-refractivity contribution >= 4 is 46.3 Å². The number of aliphatic carboxylic acids is 1. The van der Waals surface area contributed by atoms with Crippen LogP contribution in [-0.4, -0.2) is 22.1 Å². The summed E-state index contributed by atoms with van der Waals surface area (Å²) in [6, 6.07) is 21.1. The van der Waals surface area contributed by atoms with Crippen LogP contribution >= 0.6 is 22.9 Å². The van der Waals surface area contributed by atoms with Crippen LogP contribution < -0.4 is 15.4 Å². The molecule has 2 amide bonds. The fourth-order valence-electron chi connectivity index (χ4n) is 3.08. The average Bonchev–Trinajstić information content (AvgIpc) is 3.30. The van der Waals surface area contributed by atoms with Gasteiger partial charge in [0.25, 0.3) is 0 Å². The zero-order valence-corrected chi connectivity index (χ0v) is 19.4. The van der Waals surface area contributed by atoms with Crippen molar-refractivity contribution in [1.29, 1.82) is 0 Å². The molecule has 34 heavy (non-hydrogen) atoms. The molecule has 1 aromatic heterocycles. The van der Waals surface area contributed by atoms with Gasteiger partial charge >= 0.3 is 12.0 Å². The summed E-state index contributed by atoms with van der Waals surface area (Å²) in [5.74, 6) is 0.203. The van der Waals surface area contributed by atoms with E-state index < -0.39 is 12.0 Å². The molecule has 4 rings (SSSR count). The first-order chi connectivity index (χ1) is 16.5. The summed E-state index contributed by atoms with van der Waals surface area (Å²) in [6.45, 7) is 0. The predicted octanol–water partition coefficient (Wildman–Crippen LogP) is 6.92. The van der Waals surface area contributed by atoms with E-state index in [1.54, 1.807) is 36.5 Å². The molecular formula is C25H20ClN3O4S. The Hall–Kier alpha value is -3.88. The van der Waals surface area contributed by atoms with Gasteiger partial charge in [0.2, 0.25) is 0 Å². The minimum Gasteiger partial charge on any atom is -0.481 e. The number of urea groups is 1. The molecule has 0 radical (unpaired) electrons. The summed E-state index contributed by atoms with van der Waals surface area (Å²) in [5, 5.41) is 15.7. The van der Waals surface area contributed by atoms with E-state index in [-0.39, 0.29) is 6.42 Å². The first-order valence-corrected chi connectivity index (χ1v) is 11.5. The Morgan fingerprint density at radius 1 is 1.00 bits per heavy atom. The van der Waals surface area contributed by atoms with E-state index in [1.807, 2.05) is 42.5 Å². The van der Waals surface area contributed by atoms with Crippen molar-refractivity contribution in [3.05, 3.63) is 89.0 Å². The number of amides is 2. The summed E-state index contributed by atoms with van der Waals surface area (Å²) < 4.78 is 5.87. The zero-order valence-electron chi connectivity index (χ0n) is 17.8. The molecule has 0 bridgehead atoms. The van der Waals surface area contributed by atoms with Gasteiger partial charge in [0.1, 0.15) is 5.75 Å². The Morgan fingerprint density at radius 2 is 1.76 bits per heavy atom. The number of rotatable bonds is 8. The lowest BCUT2D eigenvalue weighted by atomic mass is 10.2. The van der Waals surface area contributed by atoms with Crippen LogP contribution in [0.2, 0.25) is 5.02 Å². The number of carboxylic acids is 1. The zero-order chi connectivity index (χ0) is 23.9. The fourth-order valence-corrected chi connectivity index (χ4v) is 4.16. The van der Waals surface area contributed by atoms with E-state index in [0.717, 1.165) is 15.4 Å². The molecule has 0 aliphatic carbocycles. The highest BCUT2D eigenvalue weighted by atomic mass is 35.5. The van der Waals surface area contributed by atoms with E-state index in [2.05, 4.69) is 15.6 Å². The number of halogens is 1. The third-order valence-electron chi connectivity index (χ3n) is 4.70. The fraction of sp³-hybridized carbons (Fsp3) is 0.0800. The van der Waals surface area contributed by atoms with Crippen LogP contribution in [0.15, 0.2) is 79.0 Å². The van der Waals surface area contributed by atoms with Gasteiger partial charge in [-0.1, -0.05) is 41.9 Å². The average molecular weight is 494 g/mol. The highest BCUT2D eigenvalue weighted by Gasteiger charge is 2.11. The molecule has 4 aromatic rings. The number of anilines is 2. The monoisotopic (exact) mass is 493 g/mol. The number of para-hydroxylation sites is 1. The van der Waals surface area contributed by atoms with Crippen molar-refractivity contribution < 1.29 is 19.4 Å². The lowest BCUT2D eigenvalue weighted by molar-refractivity contribution is -0.136. The van der Waals surface area contributed by atoms with Gasteiger partial charge in [-0.15, -0.1) is 11.3 Å². The molecule has 7 nitrogen and oxygen atoms in total. The molecule has 172 valence electrons. The molecule has 3 N–H and O–H groups in total. The summed E-state index contributed by atoms with van der Waals surface area (Å²) in [7, 11) is 0. The minimum atomic E-state index is -0.845. The molecule has 0 spiro atoms. The molecular weight excluding hydrogens is 474 g/mol. The van der Waals surface area contributed by atoms with Gasteiger partial charge in [-0.05, 0) is 42.0 Å². The summed E-state index contributed by atoms with van der Waals surface area (Å²) in [5.41, 5.74) is 2.01. The second-order valence-corrected chi connectivity index (χ2v) is 8.78. The molecule has 0 aliphatic rings. The van der Waals surface area contributed by atoms with Crippen molar-refractivity contribution in [3.63, 3.8) is 0 Å². The third-order valence-corrected chi connectivity index (χ3v) is 6.04. The lowest BCUT2D eigenvalue weighted by Gasteiger charge is -2.13. The number of carboxylic acid groups (broad SMARTS) is 1. The first-order valence-electron chi connectivity index (χ1n) is 10.3. The Kier molecular flexibility index (Phi) is 7.41. The number of aryl methyl sites for hydroxylation is 1. The molecule has 0 fully saturated rings. The molecule has 0 aliphatic heterocycles. The number of nitrogens with zero attached hydrogens (tertiary/aromatic N) is 1. The van der Waals surface area contributed by atoms with Crippen molar-refractivity contribution in [1.82, 2.24) is 4.98 Å². The maximum atomic E-state index is 12.6. The van der Waals surface area contributed by atoms with Gasteiger partial charge in [0.15, 0.2) is 5.75 Å². The molecule has 0 saturated heterocycles. The number of ether oxygens (including phenoxy) is 1. The number of hydrogen-bond acceptors (Lipinski definition) is 5. The summed E-state index contributed by atoms with van der Waals surface area (Å²) >= 11 is 7.56. The number of aromatic nitrogens is 1. The van der Waals surface area contributed by atoms with Crippen LogP contribution in [0, 0.1) is 0 Å². The number of carbonyl (C=O) groups is 2. The van der Waals surface area contributed by atoms with Crippen molar-refractivity contribution in [2.24, 2.45) is 0 Å². The maximum absolute atomic E-state index is 12.6. The number of hydrogen-bond donors (Lipinski definition) is 3. The van der Waals surface area contributed by atoms with Gasteiger partial charge in [0.05, 0.1) is 22.0 Å². The van der Waals surface area contributed by atoms with Crippen molar-refractivity contribution in [2.45, 2.75) is 12.8 Å². The number of nitrogens with one attached hydrogen (secondary N) is 2. The molecule has 0 saturated carbocycles. The SMILES string of the molecule is O=C(O)CCc1ncc(-c2ccc(NC(=O)Nc3ccc(Cl)cc3Oc3ccccc3)cc2)s1. The highest BCUT2D eigenvalue weighted by Crippen LogP contribution is 2.32. The lowest BCUT2D eigenvalue weighted by Crippen LogP contribution is -2.19. The van der Waals surface area contributed by atoms with Crippen molar-refractivity contribution in [3.8, 4) is 21.9 Å². The van der Waals surface area contributed by atoms with E-state index in [0.29, 0.717) is 34.3 Å². The summed E-state index contributed by atoms with van der Waals surface area (Å²) in [4.78, 5) is 28.5. The quantitative estimate of drug-likeness (QED) is 0.247. The second-order valence-electron chi connectivity index (χ2n) is 7.22. The topological polar surface area (TPSA) is 101 Å². The van der Waals surface area contributed by atoms with E-state index in [9.17, 15) is 9.59 Å². The smallest absolute Gasteiger partial charge is 0.323 e. The Balaban J connectivity index is 1.40. The van der Waals surface area contributed by atoms with Gasteiger partial charge in [-0.3, -0.25) is 4.79 Å². The largest absolute Gasteiger partial charge is 0.481 e. The van der Waals surface area contributed by atoms with Crippen LogP contribution in [-0.2, 0) is 11.2 Å². The standard InChI is InChI=1S/C25H20ClN3O4S/c26-17-8-11-20(21(14-17)33-19-4-2-1-3-5-19)29-25(32)28-18-9-6-16(7-10-18)22-15-27-23(34-22)12-13-24(30)31/h1-11,14-15H,12-13H2,(H,30,31)(H2,28,29,32). The van der Waals surface area contributed by atoms with E-state index in [4.69, 9.17) is 21.4 Å². The minimum absolute atomic E-state index is 0.0522. The molecule has 0 unspecified atom stereocenters. The normalized spacial score (nSPS) is 10.5. The Morgan fingerprint density at radius 3 is 2.50 bits per heavy atom. The van der Waals surface area contributed by atoms with Crippen LogP contribution in [0.1, 0.15) is 11.4 Å². The second kappa shape index (κ2) is 10.8. The van der Waals surface area contributed by atoms with Crippen LogP contribution in [0.3, 0.4) is 0 Å². The van der Waals surface area contributed by atoms with Gasteiger partial charge in [-0.25, -0.2) is 9.78 Å². The number of thiazole rings is 1. The van der Waals surface area contributed by atoms with Crippen LogP contribution in [0.4, 0.5) is 16.2 Å². The Labute approximate surface area is 205 Å². The van der Waals surface area contributed by atoms with Gasteiger partial charge in [-0.2, -0.15) is 0 Å². The molecule has 3 aromatic carbocycles. The summed E-state index contributed by atoms with van der Waals surface area (Å²) in [6.07, 6.45) is 2.18. The first kappa shape index (κ1) is 23.3. The molecule has 9 heteroatoms. The van der Waals surface area contributed by atoms with E-state index in [1.165, 1.54) is 11.3 Å². The van der Waals surface area contributed by atoms with Crippen molar-refractivity contribution in [2.75, 3.05) is 10.6 Å². The van der Waals surface area contributed by atoms with Crippen LogP contribution in [0.25, 0.3) is 10.4 Å². The predicted molar refractivity (Wildman–Crippen MR) is 134 cm³/mol. The number of carbonyl (C=O) groups excluding carboxylic acids is 1. The molecule has 1 heterocycles. The molecule has 0 atom stereocenters. The maximum Gasteiger partial charge on any atom is 0.323 e. The van der Waals surface area contributed by atoms with Gasteiger partial charge < -0.3 is 20.5 Å². The third kappa shape index (κ3) is 6.34. The van der Waals surface area contributed by atoms with E-state index >= 15 is 0 Å². The highest BCUT2D eigenvalue weighted by molar-refractivity contribution is 7.15. The van der Waals surface area contributed by atoms with Gasteiger partial charge in [0, 0.05) is 29.4 Å².